The van der Waals surface area contributed by atoms with E-state index in [9.17, 15) is 24.9 Å². The van der Waals surface area contributed by atoms with E-state index < -0.39 is 78.1 Å². The normalized spacial score (nSPS) is 41.4. The van der Waals surface area contributed by atoms with Crippen LogP contribution < -0.4 is 5.32 Å². The number of carbonyl (C=O) groups is 2. The number of H-pyrrole nitrogens is 1. The Balaban J connectivity index is 1.56. The molecule has 5 rings (SSSR count). The molecule has 4 heterocycles. The number of nitrogens with zero attached hydrogens (tertiary/aromatic N) is 2. The molecule has 5 unspecified atom stereocenters. The number of methoxy groups -OCH3 is 1. The lowest BCUT2D eigenvalue weighted by molar-refractivity contribution is -0.317. The van der Waals surface area contributed by atoms with Crippen LogP contribution in [0.4, 0.5) is 0 Å². The van der Waals surface area contributed by atoms with Crippen LogP contribution >= 0.6 is 0 Å². The number of carbonyl (C=O) groups excluding carboxylic acids is 2. The van der Waals surface area contributed by atoms with Crippen molar-refractivity contribution in [2.75, 3.05) is 34.8 Å². The average molecular weight is 775 g/mol. The molecule has 14 heteroatoms. The van der Waals surface area contributed by atoms with Crippen LogP contribution in [-0.2, 0) is 39.7 Å². The average Bonchev–Trinajstić information content (AvgIpc) is 3.53. The highest BCUT2D eigenvalue weighted by molar-refractivity contribution is 5.90. The summed E-state index contributed by atoms with van der Waals surface area (Å²) in [4.78, 5) is 35.6. The zero-order chi connectivity index (χ0) is 40.6. The minimum absolute atomic E-state index is 0.157. The van der Waals surface area contributed by atoms with E-state index in [1.54, 1.807) is 39.6 Å². The second-order valence-corrected chi connectivity index (χ2v) is 17.3. The van der Waals surface area contributed by atoms with E-state index >= 15 is 0 Å². The summed E-state index contributed by atoms with van der Waals surface area (Å²) in [6, 6.07) is 6.67. The maximum absolute atomic E-state index is 14.6. The number of aromatic amines is 1. The van der Waals surface area contributed by atoms with Crippen molar-refractivity contribution in [2.45, 2.75) is 147 Å². The Morgan fingerprint density at radius 2 is 1.71 bits per heavy atom. The standard InChI is InChI=1S/C41H66N4O10/c1-22-18-40(6,50)36(55-39-33(46)31(44(8)9)16-23(2)52-39)24(3)34(54-32-19-41(7,51-11)35(47)26(5)53-32)25(4)37(48)43-30(38(49)45(10)21-22)17-27-20-42-29-15-13-12-14-28(27)29/h12-15,20,22-26,30-36,39,42,46-47,50H,16-19,21H2,1-11H3,(H,43,48)/t22-,23-,24?,25-,26?,30+,31?,32+,33-,34?,35+,36-,39?,40-,41-/m1/s1. The monoisotopic (exact) mass is 774 g/mol. The van der Waals surface area contributed by atoms with E-state index in [0.29, 0.717) is 13.0 Å². The number of hydrogen-bond donors (Lipinski definition) is 5. The van der Waals surface area contributed by atoms with E-state index in [4.69, 9.17) is 23.7 Å². The van der Waals surface area contributed by atoms with Crippen LogP contribution in [0.15, 0.2) is 30.5 Å². The minimum Gasteiger partial charge on any atom is -0.387 e. The van der Waals surface area contributed by atoms with Gasteiger partial charge in [-0.05, 0) is 72.2 Å². The zero-order valence-electron chi connectivity index (χ0n) is 34.5. The first-order valence-electron chi connectivity index (χ1n) is 19.8. The molecule has 2 amide bonds. The lowest BCUT2D eigenvalue weighted by atomic mass is 9.77. The van der Waals surface area contributed by atoms with Gasteiger partial charge in [0.25, 0.3) is 0 Å². The first-order valence-corrected chi connectivity index (χ1v) is 19.8. The van der Waals surface area contributed by atoms with Crippen molar-refractivity contribution in [3.05, 3.63) is 36.0 Å². The van der Waals surface area contributed by atoms with E-state index in [-0.39, 0.29) is 43.2 Å². The van der Waals surface area contributed by atoms with Gasteiger partial charge in [0.1, 0.15) is 18.2 Å². The molecule has 2 aromatic rings. The van der Waals surface area contributed by atoms with Crippen LogP contribution in [0.3, 0.4) is 0 Å². The van der Waals surface area contributed by atoms with Gasteiger partial charge in [-0.25, -0.2) is 0 Å². The largest absolute Gasteiger partial charge is 0.387 e. The molecule has 0 spiro atoms. The highest BCUT2D eigenvalue weighted by atomic mass is 16.7. The smallest absolute Gasteiger partial charge is 0.245 e. The zero-order valence-corrected chi connectivity index (χ0v) is 34.5. The number of fused-ring (bicyclic) bond motifs is 1. The summed E-state index contributed by atoms with van der Waals surface area (Å²) in [5.74, 6) is -2.49. The van der Waals surface area contributed by atoms with Crippen LogP contribution in [0.25, 0.3) is 10.9 Å². The molecule has 0 saturated carbocycles. The molecule has 1 aromatic carbocycles. The summed E-state index contributed by atoms with van der Waals surface area (Å²) in [5.41, 5.74) is -0.729. The molecule has 0 aliphatic carbocycles. The fraction of sp³-hybridized carbons (Fsp3) is 0.756. The van der Waals surface area contributed by atoms with Gasteiger partial charge < -0.3 is 59.1 Å². The van der Waals surface area contributed by atoms with Crippen molar-refractivity contribution in [3.8, 4) is 0 Å². The van der Waals surface area contributed by atoms with Crippen molar-refractivity contribution in [1.82, 2.24) is 20.1 Å². The molecule has 0 bridgehead atoms. The predicted molar refractivity (Wildman–Crippen MR) is 207 cm³/mol. The number of aliphatic hydroxyl groups is 3. The molecule has 3 aliphatic rings. The topological polar surface area (TPSA) is 175 Å². The quantitative estimate of drug-likeness (QED) is 0.267. The lowest BCUT2D eigenvalue weighted by Gasteiger charge is -2.48. The van der Waals surface area contributed by atoms with Crippen molar-refractivity contribution in [2.24, 2.45) is 17.8 Å². The van der Waals surface area contributed by atoms with Gasteiger partial charge in [0.2, 0.25) is 11.8 Å². The Kier molecular flexibility index (Phi) is 13.8. The highest BCUT2D eigenvalue weighted by Crippen LogP contribution is 2.39. The van der Waals surface area contributed by atoms with Crippen LogP contribution in [0.1, 0.15) is 73.3 Å². The summed E-state index contributed by atoms with van der Waals surface area (Å²) in [7, 11) is 7.03. The molecule has 3 fully saturated rings. The van der Waals surface area contributed by atoms with Crippen molar-refractivity contribution in [3.63, 3.8) is 0 Å². The summed E-state index contributed by atoms with van der Waals surface area (Å²) in [6.45, 7) is 13.0. The maximum atomic E-state index is 14.6. The number of amides is 2. The minimum atomic E-state index is -1.55. The molecule has 5 N–H and O–H groups in total. The molecule has 55 heavy (non-hydrogen) atoms. The molecule has 14 nitrogen and oxygen atoms in total. The van der Waals surface area contributed by atoms with Gasteiger partial charge in [-0.1, -0.05) is 39.0 Å². The third kappa shape index (κ3) is 9.56. The van der Waals surface area contributed by atoms with E-state index in [1.807, 2.05) is 70.2 Å². The molecule has 15 atom stereocenters. The van der Waals surface area contributed by atoms with Gasteiger partial charge in [0.15, 0.2) is 12.6 Å². The Labute approximate surface area is 326 Å². The molecule has 0 radical (unpaired) electrons. The van der Waals surface area contributed by atoms with Crippen molar-refractivity contribution >= 4 is 22.7 Å². The summed E-state index contributed by atoms with van der Waals surface area (Å²) < 4.78 is 31.7. The molecular formula is C41H66N4O10. The second kappa shape index (κ2) is 17.5. The Hall–Kier alpha value is -2.66. The number of ether oxygens (including phenoxy) is 5. The second-order valence-electron chi connectivity index (χ2n) is 17.3. The van der Waals surface area contributed by atoms with E-state index in [0.717, 1.165) is 16.5 Å². The van der Waals surface area contributed by atoms with E-state index in [1.165, 1.54) is 7.11 Å². The number of aromatic nitrogens is 1. The number of hydrogen-bond acceptors (Lipinski definition) is 11. The number of rotatable bonds is 8. The summed E-state index contributed by atoms with van der Waals surface area (Å²) in [5, 5.41) is 39.1. The van der Waals surface area contributed by atoms with Gasteiger partial charge in [0, 0.05) is 62.6 Å². The molecule has 1 aromatic heterocycles. The van der Waals surface area contributed by atoms with E-state index in [2.05, 4.69) is 10.3 Å². The van der Waals surface area contributed by atoms with Crippen molar-refractivity contribution < 1.29 is 48.6 Å². The molecule has 3 saturated heterocycles. The number of aliphatic hydroxyl groups excluding tert-OH is 2. The Bertz CT molecular complexity index is 1600. The maximum Gasteiger partial charge on any atom is 0.245 e. The summed E-state index contributed by atoms with van der Waals surface area (Å²) >= 11 is 0. The number of benzene rings is 1. The van der Waals surface area contributed by atoms with Crippen LogP contribution in [0.2, 0.25) is 0 Å². The number of para-hydroxylation sites is 1. The van der Waals surface area contributed by atoms with Crippen molar-refractivity contribution in [1.29, 1.82) is 0 Å². The summed E-state index contributed by atoms with van der Waals surface area (Å²) in [6.07, 6.45) is -3.74. The number of likely N-dealkylation sites (N-methyl/N-ethyl adjacent to an activating group) is 2. The fourth-order valence-corrected chi connectivity index (χ4v) is 9.16. The van der Waals surface area contributed by atoms with Crippen LogP contribution in [0.5, 0.6) is 0 Å². The predicted octanol–water partition coefficient (Wildman–Crippen LogP) is 2.81. The number of nitrogens with one attached hydrogen (secondary N) is 2. The lowest BCUT2D eigenvalue weighted by Crippen LogP contribution is -2.60. The SMILES string of the molecule is CO[C@]1(C)C[C@H](OC2C(C)[C@@H](OC3O[C@H](C)CC(N(C)C)[C@H]3O)[C@](C)(O)C[C@@H](C)CN(C)C(=O)[C@H](Cc3c[nH]c4ccccc34)NC(=O)[C@@H]2C)OC(C)[C@@H]1O. The van der Waals surface area contributed by atoms with Gasteiger partial charge in [-0.15, -0.1) is 0 Å². The first-order chi connectivity index (χ1) is 25.8. The van der Waals surface area contributed by atoms with Crippen LogP contribution in [0, 0.1) is 17.8 Å². The molecular weight excluding hydrogens is 708 g/mol. The Morgan fingerprint density at radius 3 is 2.38 bits per heavy atom. The third-order valence-corrected chi connectivity index (χ3v) is 12.3. The third-order valence-electron chi connectivity index (χ3n) is 12.3. The Morgan fingerprint density at radius 1 is 1.02 bits per heavy atom. The van der Waals surface area contributed by atoms with Gasteiger partial charge in [0.05, 0.1) is 41.5 Å². The highest BCUT2D eigenvalue weighted by Gasteiger charge is 2.51. The molecule has 3 aliphatic heterocycles. The van der Waals surface area contributed by atoms with Gasteiger partial charge in [-0.3, -0.25) is 9.59 Å². The van der Waals surface area contributed by atoms with Gasteiger partial charge in [-0.2, -0.15) is 0 Å². The van der Waals surface area contributed by atoms with Crippen LogP contribution in [-0.4, -0.2) is 149 Å². The first kappa shape index (κ1) is 43.5. The molecule has 310 valence electrons. The van der Waals surface area contributed by atoms with Gasteiger partial charge >= 0.3 is 0 Å². The fourth-order valence-electron chi connectivity index (χ4n) is 9.16.